The molecule has 2 atom stereocenters. The van der Waals surface area contributed by atoms with Crippen LogP contribution in [0.3, 0.4) is 0 Å². The Bertz CT molecular complexity index is 553. The van der Waals surface area contributed by atoms with Gasteiger partial charge >= 0.3 is 5.97 Å². The van der Waals surface area contributed by atoms with Crippen molar-refractivity contribution in [2.45, 2.75) is 39.0 Å². The van der Waals surface area contributed by atoms with Gasteiger partial charge in [0.25, 0.3) is 10.1 Å². The van der Waals surface area contributed by atoms with Crippen LogP contribution in [-0.4, -0.2) is 31.3 Å². The molecule has 1 aromatic carbocycles. The molecule has 1 rings (SSSR count). The Balaban J connectivity index is 2.26. The van der Waals surface area contributed by atoms with Crippen molar-refractivity contribution in [3.05, 3.63) is 35.9 Å². The molecule has 0 aliphatic rings. The van der Waals surface area contributed by atoms with Crippen LogP contribution >= 0.6 is 0 Å². The molecule has 22 heavy (non-hydrogen) atoms. The van der Waals surface area contributed by atoms with E-state index in [1.54, 1.807) is 0 Å². The topological polar surface area (TPSA) is 80.7 Å². The lowest BCUT2D eigenvalue weighted by Gasteiger charge is -2.15. The fourth-order valence-electron chi connectivity index (χ4n) is 2.12. The lowest BCUT2D eigenvalue weighted by Crippen LogP contribution is -2.17. The maximum Gasteiger partial charge on any atom is 0.308 e. The monoisotopic (exact) mass is 328 g/mol. The first-order chi connectivity index (χ1) is 10.3. The van der Waals surface area contributed by atoms with Crippen molar-refractivity contribution in [3.8, 4) is 0 Å². The van der Waals surface area contributed by atoms with E-state index < -0.39 is 10.1 Å². The molecule has 5 nitrogen and oxygen atoms in total. The molecule has 0 bridgehead atoms. The molecule has 0 saturated heterocycles. The van der Waals surface area contributed by atoms with Gasteiger partial charge in [-0.25, -0.2) is 0 Å². The summed E-state index contributed by atoms with van der Waals surface area (Å²) in [5, 5.41) is 0. The van der Waals surface area contributed by atoms with Crippen LogP contribution in [0.2, 0.25) is 0 Å². The molecule has 1 N–H and O–H groups in total. The molecular weight excluding hydrogens is 304 g/mol. The highest BCUT2D eigenvalue weighted by Crippen LogP contribution is 2.23. The second kappa shape index (κ2) is 8.90. The Morgan fingerprint density at radius 2 is 1.82 bits per heavy atom. The summed E-state index contributed by atoms with van der Waals surface area (Å²) < 4.78 is 34.7. The maximum atomic E-state index is 11.8. The minimum absolute atomic E-state index is 0.0111. The summed E-state index contributed by atoms with van der Waals surface area (Å²) in [7, 11) is -3.99. The Labute approximate surface area is 132 Å². The van der Waals surface area contributed by atoms with Crippen molar-refractivity contribution in [3.63, 3.8) is 0 Å². The van der Waals surface area contributed by atoms with Gasteiger partial charge < -0.3 is 4.74 Å². The summed E-state index contributed by atoms with van der Waals surface area (Å²) in [6.45, 7) is 3.94. The highest BCUT2D eigenvalue weighted by Gasteiger charge is 2.16. The molecule has 0 spiro atoms. The number of rotatable bonds is 9. The van der Waals surface area contributed by atoms with Gasteiger partial charge in [0.05, 0.1) is 18.3 Å². The van der Waals surface area contributed by atoms with Crippen molar-refractivity contribution < 1.29 is 22.5 Å². The van der Waals surface area contributed by atoms with E-state index >= 15 is 0 Å². The SMILES string of the molecule is CC(CCC(C)c1ccccc1)C(=O)OCCCS(=O)(=O)O. The quantitative estimate of drug-likeness (QED) is 0.428. The number of ether oxygens (including phenoxy) is 1. The first-order valence-electron chi connectivity index (χ1n) is 7.46. The number of hydrogen-bond donors (Lipinski definition) is 1. The maximum absolute atomic E-state index is 11.8. The molecule has 6 heteroatoms. The van der Waals surface area contributed by atoms with Gasteiger partial charge in [0, 0.05) is 0 Å². The van der Waals surface area contributed by atoms with Crippen molar-refractivity contribution in [2.24, 2.45) is 5.92 Å². The fourth-order valence-corrected chi connectivity index (χ4v) is 2.61. The van der Waals surface area contributed by atoms with Crippen molar-refractivity contribution >= 4 is 16.1 Å². The number of carbonyl (C=O) groups excluding carboxylic acids is 1. The predicted octanol–water partition coefficient (Wildman–Crippen LogP) is 3.03. The van der Waals surface area contributed by atoms with Crippen LogP contribution in [0.25, 0.3) is 0 Å². The zero-order valence-electron chi connectivity index (χ0n) is 13.1. The van der Waals surface area contributed by atoms with Crippen LogP contribution < -0.4 is 0 Å². The van der Waals surface area contributed by atoms with E-state index in [1.807, 2.05) is 25.1 Å². The molecule has 0 radical (unpaired) electrons. The highest BCUT2D eigenvalue weighted by molar-refractivity contribution is 7.85. The van der Waals surface area contributed by atoms with E-state index in [9.17, 15) is 13.2 Å². The van der Waals surface area contributed by atoms with Crippen molar-refractivity contribution in [2.75, 3.05) is 12.4 Å². The molecule has 2 unspecified atom stereocenters. The number of benzene rings is 1. The first kappa shape index (κ1) is 18.6. The molecule has 0 heterocycles. The Kier molecular flexibility index (Phi) is 7.55. The average molecular weight is 328 g/mol. The number of esters is 1. The predicted molar refractivity (Wildman–Crippen MR) is 85.2 cm³/mol. The van der Waals surface area contributed by atoms with Crippen LogP contribution in [0.5, 0.6) is 0 Å². The van der Waals surface area contributed by atoms with Gasteiger partial charge in [-0.3, -0.25) is 9.35 Å². The number of hydrogen-bond acceptors (Lipinski definition) is 4. The van der Waals surface area contributed by atoms with Crippen molar-refractivity contribution in [1.29, 1.82) is 0 Å². The standard InChI is InChI=1S/C16H24O5S/c1-13(15-7-4-3-5-8-15)9-10-14(2)16(17)21-11-6-12-22(18,19)20/h3-5,7-8,13-14H,6,9-12H2,1-2H3,(H,18,19,20). The lowest BCUT2D eigenvalue weighted by atomic mass is 9.92. The van der Waals surface area contributed by atoms with E-state index in [2.05, 4.69) is 19.1 Å². The van der Waals surface area contributed by atoms with Gasteiger partial charge in [-0.05, 0) is 30.7 Å². The van der Waals surface area contributed by atoms with Crippen LogP contribution in [0.4, 0.5) is 0 Å². The molecule has 124 valence electrons. The third-order valence-electron chi connectivity index (χ3n) is 3.59. The molecule has 0 aliphatic carbocycles. The molecule has 0 amide bonds. The third-order valence-corrected chi connectivity index (χ3v) is 4.40. The Hall–Kier alpha value is -1.40. The summed E-state index contributed by atoms with van der Waals surface area (Å²) in [6, 6.07) is 10.1. The third kappa shape index (κ3) is 7.56. The van der Waals surface area contributed by atoms with Crippen LogP contribution in [0.1, 0.15) is 44.6 Å². The first-order valence-corrected chi connectivity index (χ1v) is 9.07. The van der Waals surface area contributed by atoms with Crippen LogP contribution in [-0.2, 0) is 19.6 Å². The van der Waals surface area contributed by atoms with E-state index in [-0.39, 0.29) is 30.7 Å². The minimum Gasteiger partial charge on any atom is -0.465 e. The summed E-state index contributed by atoms with van der Waals surface area (Å²) in [4.78, 5) is 11.8. The molecule has 1 aromatic rings. The second-order valence-corrected chi connectivity index (χ2v) is 7.17. The van der Waals surface area contributed by atoms with Gasteiger partial charge in [-0.2, -0.15) is 8.42 Å². The van der Waals surface area contributed by atoms with Crippen molar-refractivity contribution in [1.82, 2.24) is 0 Å². The molecule has 0 aliphatic heterocycles. The van der Waals surface area contributed by atoms with Gasteiger partial charge in [0.2, 0.25) is 0 Å². The van der Waals surface area contributed by atoms with E-state index in [0.717, 1.165) is 6.42 Å². The normalized spacial score (nSPS) is 14.3. The molecular formula is C16H24O5S. The van der Waals surface area contributed by atoms with Gasteiger partial charge in [0.15, 0.2) is 0 Å². The lowest BCUT2D eigenvalue weighted by molar-refractivity contribution is -0.148. The Morgan fingerprint density at radius 1 is 1.18 bits per heavy atom. The smallest absolute Gasteiger partial charge is 0.308 e. The van der Waals surface area contributed by atoms with Crippen LogP contribution in [0.15, 0.2) is 30.3 Å². The summed E-state index contributed by atoms with van der Waals surface area (Å²) >= 11 is 0. The zero-order chi connectivity index (χ0) is 16.6. The molecule has 0 fully saturated rings. The zero-order valence-corrected chi connectivity index (χ0v) is 13.9. The van der Waals surface area contributed by atoms with E-state index in [4.69, 9.17) is 9.29 Å². The van der Waals surface area contributed by atoms with Gasteiger partial charge in [-0.1, -0.05) is 44.2 Å². The molecule has 0 aromatic heterocycles. The summed E-state index contributed by atoms with van der Waals surface area (Å²) in [5.41, 5.74) is 1.25. The van der Waals surface area contributed by atoms with Gasteiger partial charge in [0.1, 0.15) is 0 Å². The summed E-state index contributed by atoms with van der Waals surface area (Å²) in [5.74, 6) is -0.567. The van der Waals surface area contributed by atoms with Crippen LogP contribution in [0, 0.1) is 5.92 Å². The second-order valence-electron chi connectivity index (χ2n) is 5.60. The number of carbonyl (C=O) groups is 1. The highest BCUT2D eigenvalue weighted by atomic mass is 32.2. The van der Waals surface area contributed by atoms with E-state index in [1.165, 1.54) is 5.56 Å². The minimum atomic E-state index is -3.99. The molecule has 0 saturated carbocycles. The largest absolute Gasteiger partial charge is 0.465 e. The van der Waals surface area contributed by atoms with Gasteiger partial charge in [-0.15, -0.1) is 0 Å². The fraction of sp³-hybridized carbons (Fsp3) is 0.562. The van der Waals surface area contributed by atoms with E-state index in [0.29, 0.717) is 12.3 Å². The summed E-state index contributed by atoms with van der Waals surface area (Å²) in [6.07, 6.45) is 1.70. The average Bonchev–Trinajstić information content (AvgIpc) is 2.48. The Morgan fingerprint density at radius 3 is 2.41 bits per heavy atom.